The van der Waals surface area contributed by atoms with Gasteiger partial charge in [0.1, 0.15) is 4.90 Å². The molecule has 0 atom stereocenters. The number of halogens is 1. The van der Waals surface area contributed by atoms with Gasteiger partial charge in [0.2, 0.25) is 5.95 Å². The number of benzene rings is 1. The first kappa shape index (κ1) is 15.2. The van der Waals surface area contributed by atoms with Crippen LogP contribution in [0.4, 0.5) is 5.95 Å². The van der Waals surface area contributed by atoms with E-state index in [2.05, 4.69) is 19.4 Å². The fourth-order valence-electron chi connectivity index (χ4n) is 1.52. The summed E-state index contributed by atoms with van der Waals surface area (Å²) in [5, 5.41) is 0.164. The third kappa shape index (κ3) is 3.47. The summed E-state index contributed by atoms with van der Waals surface area (Å²) < 4.78 is 31.4. The summed E-state index contributed by atoms with van der Waals surface area (Å²) in [5.41, 5.74) is -0.134. The lowest BCUT2D eigenvalue weighted by Crippen LogP contribution is -2.18. The molecule has 2 aromatic rings. The van der Waals surface area contributed by atoms with Gasteiger partial charge in [0, 0.05) is 17.4 Å². The molecule has 110 valence electrons. The second-order valence-electron chi connectivity index (χ2n) is 3.81. The highest BCUT2D eigenvalue weighted by molar-refractivity contribution is 7.92. The van der Waals surface area contributed by atoms with Gasteiger partial charge < -0.3 is 4.74 Å². The molecule has 0 aliphatic rings. The van der Waals surface area contributed by atoms with Crippen LogP contribution in [0.3, 0.4) is 0 Å². The molecular formula is C12H10ClN3O4S. The van der Waals surface area contributed by atoms with Crippen molar-refractivity contribution in [2.45, 2.75) is 4.90 Å². The highest BCUT2D eigenvalue weighted by Gasteiger charge is 2.24. The lowest BCUT2D eigenvalue weighted by molar-refractivity contribution is 0.0596. The van der Waals surface area contributed by atoms with Crippen molar-refractivity contribution in [3.63, 3.8) is 0 Å². The van der Waals surface area contributed by atoms with E-state index in [1.54, 1.807) is 0 Å². The Balaban J connectivity index is 2.49. The summed E-state index contributed by atoms with van der Waals surface area (Å²) >= 11 is 5.80. The van der Waals surface area contributed by atoms with Crippen molar-refractivity contribution in [3.8, 4) is 0 Å². The first-order chi connectivity index (χ1) is 9.94. The molecule has 0 radical (unpaired) electrons. The van der Waals surface area contributed by atoms with Crippen LogP contribution in [0.1, 0.15) is 10.4 Å². The van der Waals surface area contributed by atoms with Crippen molar-refractivity contribution in [2.75, 3.05) is 11.8 Å². The number of carbonyl (C=O) groups is 1. The molecule has 0 fully saturated rings. The molecule has 1 N–H and O–H groups in total. The smallest absolute Gasteiger partial charge is 0.339 e. The van der Waals surface area contributed by atoms with Gasteiger partial charge in [-0.15, -0.1) is 0 Å². The number of esters is 1. The molecule has 21 heavy (non-hydrogen) atoms. The molecular weight excluding hydrogens is 318 g/mol. The lowest BCUT2D eigenvalue weighted by atomic mass is 10.2. The van der Waals surface area contributed by atoms with Gasteiger partial charge in [-0.3, -0.25) is 0 Å². The van der Waals surface area contributed by atoms with Crippen LogP contribution in [0, 0.1) is 0 Å². The fourth-order valence-corrected chi connectivity index (χ4v) is 2.94. The summed E-state index contributed by atoms with van der Waals surface area (Å²) in [5.74, 6) is -0.908. The molecule has 1 aromatic carbocycles. The third-order valence-electron chi connectivity index (χ3n) is 2.43. The maximum Gasteiger partial charge on any atom is 0.339 e. The molecule has 0 unspecified atom stereocenters. The number of nitrogens with zero attached hydrogens (tertiary/aromatic N) is 2. The number of hydrogen-bond donors (Lipinski definition) is 1. The minimum Gasteiger partial charge on any atom is -0.465 e. The van der Waals surface area contributed by atoms with Crippen LogP contribution in [0.25, 0.3) is 0 Å². The van der Waals surface area contributed by atoms with E-state index in [1.807, 2.05) is 0 Å². The van der Waals surface area contributed by atoms with Crippen molar-refractivity contribution in [3.05, 3.63) is 47.2 Å². The molecule has 0 bridgehead atoms. The van der Waals surface area contributed by atoms with Crippen LogP contribution in [0.15, 0.2) is 41.6 Å². The van der Waals surface area contributed by atoms with Crippen LogP contribution in [0.2, 0.25) is 5.02 Å². The number of carbonyl (C=O) groups excluding carboxylic acids is 1. The second-order valence-corrected chi connectivity index (χ2v) is 5.90. The number of sulfonamides is 1. The van der Waals surface area contributed by atoms with Crippen LogP contribution in [0.5, 0.6) is 0 Å². The zero-order chi connectivity index (χ0) is 15.5. The van der Waals surface area contributed by atoms with Gasteiger partial charge in [0.25, 0.3) is 10.0 Å². The van der Waals surface area contributed by atoms with Crippen LogP contribution >= 0.6 is 11.6 Å². The first-order valence-corrected chi connectivity index (χ1v) is 7.48. The number of ether oxygens (including phenoxy) is 1. The molecule has 2 rings (SSSR count). The van der Waals surface area contributed by atoms with Gasteiger partial charge in [-0.25, -0.2) is 27.9 Å². The number of methoxy groups -OCH3 is 1. The summed E-state index contributed by atoms with van der Waals surface area (Å²) in [4.78, 5) is 18.9. The van der Waals surface area contributed by atoms with E-state index in [4.69, 9.17) is 11.6 Å². The molecule has 7 nitrogen and oxygen atoms in total. The van der Waals surface area contributed by atoms with E-state index < -0.39 is 16.0 Å². The van der Waals surface area contributed by atoms with Gasteiger partial charge in [-0.05, 0) is 24.3 Å². The van der Waals surface area contributed by atoms with E-state index >= 15 is 0 Å². The topological polar surface area (TPSA) is 98.2 Å². The molecule has 9 heteroatoms. The monoisotopic (exact) mass is 327 g/mol. The molecule has 0 saturated carbocycles. The van der Waals surface area contributed by atoms with E-state index in [-0.39, 0.29) is 21.4 Å². The summed E-state index contributed by atoms with van der Waals surface area (Å²) in [6.45, 7) is 0. The standard InChI is InChI=1S/C12H10ClN3O4S/c1-20-11(17)9-4-3-8(13)7-10(9)21(18,19)16-12-14-5-2-6-15-12/h2-7H,1H3,(H,14,15,16). The zero-order valence-corrected chi connectivity index (χ0v) is 12.4. The average Bonchev–Trinajstić information content (AvgIpc) is 2.47. The van der Waals surface area contributed by atoms with Crippen LogP contribution in [-0.4, -0.2) is 31.5 Å². The average molecular weight is 328 g/mol. The summed E-state index contributed by atoms with van der Waals surface area (Å²) in [6, 6.07) is 5.36. The maximum atomic E-state index is 12.3. The van der Waals surface area contributed by atoms with Gasteiger partial charge in [0.15, 0.2) is 0 Å². The zero-order valence-electron chi connectivity index (χ0n) is 10.8. The van der Waals surface area contributed by atoms with Gasteiger partial charge in [-0.2, -0.15) is 0 Å². The highest BCUT2D eigenvalue weighted by atomic mass is 35.5. The van der Waals surface area contributed by atoms with Crippen molar-refractivity contribution in [1.29, 1.82) is 0 Å². The largest absolute Gasteiger partial charge is 0.465 e. The first-order valence-electron chi connectivity index (χ1n) is 5.62. The number of nitrogens with one attached hydrogen (secondary N) is 1. The quantitative estimate of drug-likeness (QED) is 0.858. The minimum absolute atomic E-state index is 0.117. The van der Waals surface area contributed by atoms with Crippen molar-refractivity contribution in [2.24, 2.45) is 0 Å². The van der Waals surface area contributed by atoms with E-state index in [0.717, 1.165) is 13.2 Å². The Labute approximate surface area is 126 Å². The Morgan fingerprint density at radius 2 is 1.95 bits per heavy atom. The molecule has 0 aliphatic heterocycles. The Bertz CT molecular complexity index is 765. The third-order valence-corrected chi connectivity index (χ3v) is 4.03. The van der Waals surface area contributed by atoms with Gasteiger partial charge in [-0.1, -0.05) is 11.6 Å². The molecule has 1 heterocycles. The molecule has 0 spiro atoms. The normalized spacial score (nSPS) is 11.0. The lowest BCUT2D eigenvalue weighted by Gasteiger charge is -2.10. The highest BCUT2D eigenvalue weighted by Crippen LogP contribution is 2.23. The molecule has 0 amide bonds. The predicted octanol–water partition coefficient (Wildman–Crippen LogP) is 1.72. The summed E-state index contributed by atoms with van der Waals surface area (Å²) in [6.07, 6.45) is 2.76. The maximum absolute atomic E-state index is 12.3. The van der Waals surface area contributed by atoms with E-state index in [1.165, 1.54) is 30.6 Å². The van der Waals surface area contributed by atoms with Gasteiger partial charge >= 0.3 is 5.97 Å². The van der Waals surface area contributed by atoms with Crippen LogP contribution in [-0.2, 0) is 14.8 Å². The Hall–Kier alpha value is -2.19. The van der Waals surface area contributed by atoms with Gasteiger partial charge in [0.05, 0.1) is 12.7 Å². The SMILES string of the molecule is COC(=O)c1ccc(Cl)cc1S(=O)(=O)Nc1ncccn1. The van der Waals surface area contributed by atoms with Crippen molar-refractivity contribution >= 4 is 33.5 Å². The Morgan fingerprint density at radius 3 is 2.57 bits per heavy atom. The Kier molecular flexibility index (Phi) is 4.39. The molecule has 1 aromatic heterocycles. The second kappa shape index (κ2) is 6.06. The predicted molar refractivity (Wildman–Crippen MR) is 75.6 cm³/mol. The van der Waals surface area contributed by atoms with E-state index in [9.17, 15) is 13.2 Å². The fraction of sp³-hybridized carbons (Fsp3) is 0.0833. The van der Waals surface area contributed by atoms with Crippen LogP contribution < -0.4 is 4.72 Å². The Morgan fingerprint density at radius 1 is 1.29 bits per heavy atom. The summed E-state index contributed by atoms with van der Waals surface area (Å²) in [7, 11) is -2.93. The van der Waals surface area contributed by atoms with Crippen molar-refractivity contribution < 1.29 is 17.9 Å². The van der Waals surface area contributed by atoms with Crippen molar-refractivity contribution in [1.82, 2.24) is 9.97 Å². The molecule has 0 saturated heterocycles. The number of anilines is 1. The molecule has 0 aliphatic carbocycles. The van der Waals surface area contributed by atoms with E-state index in [0.29, 0.717) is 0 Å². The number of aromatic nitrogens is 2. The number of rotatable bonds is 4. The minimum atomic E-state index is -4.08. The number of hydrogen-bond acceptors (Lipinski definition) is 6.